The molecule has 0 aromatic carbocycles. The van der Waals surface area contributed by atoms with Crippen LogP contribution in [0.5, 0.6) is 0 Å². The molecule has 0 saturated carbocycles. The third kappa shape index (κ3) is 2.88. The SMILES string of the molecule is CCC(CC)[C@H](C)CC. The summed E-state index contributed by atoms with van der Waals surface area (Å²) < 4.78 is 0. The Balaban J connectivity index is 3.50. The van der Waals surface area contributed by atoms with Crippen LogP contribution in [0.25, 0.3) is 0 Å². The Morgan fingerprint density at radius 1 is 0.889 bits per heavy atom. The van der Waals surface area contributed by atoms with Gasteiger partial charge in [-0.15, -0.1) is 0 Å². The third-order valence-corrected chi connectivity index (χ3v) is 2.50. The van der Waals surface area contributed by atoms with Gasteiger partial charge in [0, 0.05) is 0 Å². The van der Waals surface area contributed by atoms with Gasteiger partial charge in [0.2, 0.25) is 0 Å². The molecule has 1 atom stereocenters. The first-order valence-corrected chi connectivity index (χ1v) is 4.26. The lowest BCUT2D eigenvalue weighted by molar-refractivity contribution is 0.328. The Labute approximate surface area is 59.7 Å². The maximum absolute atomic E-state index is 2.36. The van der Waals surface area contributed by atoms with Crippen LogP contribution in [-0.4, -0.2) is 0 Å². The average Bonchev–Trinajstić information content (AvgIpc) is 1.90. The topological polar surface area (TPSA) is 0 Å². The molecule has 0 heteroatoms. The Hall–Kier alpha value is 0. The summed E-state index contributed by atoms with van der Waals surface area (Å²) in [4.78, 5) is 0. The van der Waals surface area contributed by atoms with Crippen LogP contribution in [0.2, 0.25) is 0 Å². The van der Waals surface area contributed by atoms with Gasteiger partial charge in [0.05, 0.1) is 0 Å². The zero-order chi connectivity index (χ0) is 7.28. The van der Waals surface area contributed by atoms with Gasteiger partial charge in [-0.2, -0.15) is 0 Å². The number of hydrogen-bond donors (Lipinski definition) is 0. The minimum absolute atomic E-state index is 0.931. The Morgan fingerprint density at radius 2 is 1.33 bits per heavy atom. The molecular weight excluding hydrogens is 108 g/mol. The summed E-state index contributed by atoms with van der Waals surface area (Å²) in [6.45, 7) is 9.22. The molecule has 0 aromatic rings. The summed E-state index contributed by atoms with van der Waals surface area (Å²) in [5.74, 6) is 1.90. The fraction of sp³-hybridized carbons (Fsp3) is 1.00. The Kier molecular flexibility index (Phi) is 4.84. The highest BCUT2D eigenvalue weighted by molar-refractivity contribution is 4.60. The van der Waals surface area contributed by atoms with E-state index in [1.54, 1.807) is 0 Å². The van der Waals surface area contributed by atoms with Gasteiger partial charge >= 0.3 is 0 Å². The molecule has 0 rings (SSSR count). The van der Waals surface area contributed by atoms with E-state index in [-0.39, 0.29) is 0 Å². The molecular formula is C9H20. The largest absolute Gasteiger partial charge is 0.0651 e. The fourth-order valence-electron chi connectivity index (χ4n) is 1.43. The van der Waals surface area contributed by atoms with Crippen molar-refractivity contribution in [3.63, 3.8) is 0 Å². The van der Waals surface area contributed by atoms with E-state index in [4.69, 9.17) is 0 Å². The molecule has 0 N–H and O–H groups in total. The highest BCUT2D eigenvalue weighted by atomic mass is 14.2. The van der Waals surface area contributed by atoms with Crippen molar-refractivity contribution in [2.75, 3.05) is 0 Å². The van der Waals surface area contributed by atoms with Crippen LogP contribution in [0, 0.1) is 11.8 Å². The lowest BCUT2D eigenvalue weighted by Gasteiger charge is -2.18. The van der Waals surface area contributed by atoms with Gasteiger partial charge < -0.3 is 0 Å². The summed E-state index contributed by atoms with van der Waals surface area (Å²) >= 11 is 0. The van der Waals surface area contributed by atoms with Gasteiger partial charge in [-0.05, 0) is 11.8 Å². The maximum atomic E-state index is 2.36. The van der Waals surface area contributed by atoms with Crippen LogP contribution in [0.3, 0.4) is 0 Å². The minimum atomic E-state index is 0.931. The van der Waals surface area contributed by atoms with Crippen LogP contribution in [-0.2, 0) is 0 Å². The molecule has 0 saturated heterocycles. The first-order valence-electron chi connectivity index (χ1n) is 4.26. The van der Waals surface area contributed by atoms with E-state index < -0.39 is 0 Å². The van der Waals surface area contributed by atoms with Crippen molar-refractivity contribution < 1.29 is 0 Å². The Morgan fingerprint density at radius 3 is 1.44 bits per heavy atom. The van der Waals surface area contributed by atoms with E-state index in [9.17, 15) is 0 Å². The van der Waals surface area contributed by atoms with E-state index in [2.05, 4.69) is 27.7 Å². The monoisotopic (exact) mass is 128 g/mol. The van der Waals surface area contributed by atoms with Crippen LogP contribution in [0.1, 0.15) is 47.0 Å². The summed E-state index contributed by atoms with van der Waals surface area (Å²) in [6, 6.07) is 0. The summed E-state index contributed by atoms with van der Waals surface area (Å²) in [6.07, 6.45) is 4.04. The van der Waals surface area contributed by atoms with Crippen molar-refractivity contribution in [2.45, 2.75) is 47.0 Å². The maximum Gasteiger partial charge on any atom is -0.0394 e. The van der Waals surface area contributed by atoms with Crippen molar-refractivity contribution in [2.24, 2.45) is 11.8 Å². The minimum Gasteiger partial charge on any atom is -0.0651 e. The molecule has 0 aliphatic heterocycles. The predicted molar refractivity (Wildman–Crippen MR) is 43.5 cm³/mol. The molecule has 0 aliphatic rings. The van der Waals surface area contributed by atoms with Gasteiger partial charge in [-0.3, -0.25) is 0 Å². The molecule has 0 amide bonds. The standard InChI is InChI=1S/C9H20/c1-5-8(4)9(6-2)7-3/h8-9H,5-7H2,1-4H3/t8-/m1/s1. The first-order chi connectivity index (χ1) is 4.26. The van der Waals surface area contributed by atoms with Gasteiger partial charge in [0.25, 0.3) is 0 Å². The second-order valence-electron chi connectivity index (χ2n) is 2.96. The highest BCUT2D eigenvalue weighted by Gasteiger charge is 2.09. The highest BCUT2D eigenvalue weighted by Crippen LogP contribution is 2.21. The van der Waals surface area contributed by atoms with Gasteiger partial charge in [0.1, 0.15) is 0 Å². The molecule has 0 nitrogen and oxygen atoms in total. The van der Waals surface area contributed by atoms with Gasteiger partial charge in [-0.25, -0.2) is 0 Å². The van der Waals surface area contributed by atoms with E-state index in [0.29, 0.717) is 0 Å². The molecule has 0 spiro atoms. The number of rotatable bonds is 4. The molecule has 9 heavy (non-hydrogen) atoms. The zero-order valence-electron chi connectivity index (χ0n) is 7.28. The second-order valence-corrected chi connectivity index (χ2v) is 2.96. The van der Waals surface area contributed by atoms with Crippen molar-refractivity contribution in [1.29, 1.82) is 0 Å². The molecule has 0 unspecified atom stereocenters. The third-order valence-electron chi connectivity index (χ3n) is 2.50. The van der Waals surface area contributed by atoms with E-state index in [1.807, 2.05) is 0 Å². The van der Waals surface area contributed by atoms with Crippen LogP contribution in [0.15, 0.2) is 0 Å². The van der Waals surface area contributed by atoms with E-state index in [0.717, 1.165) is 11.8 Å². The number of hydrogen-bond acceptors (Lipinski definition) is 0. The zero-order valence-corrected chi connectivity index (χ0v) is 7.28. The lowest BCUT2D eigenvalue weighted by Crippen LogP contribution is -2.07. The first kappa shape index (κ1) is 9.00. The van der Waals surface area contributed by atoms with Crippen molar-refractivity contribution >= 4 is 0 Å². The average molecular weight is 128 g/mol. The van der Waals surface area contributed by atoms with Crippen LogP contribution >= 0.6 is 0 Å². The summed E-state index contributed by atoms with van der Waals surface area (Å²) in [5, 5.41) is 0. The van der Waals surface area contributed by atoms with Crippen molar-refractivity contribution in [1.82, 2.24) is 0 Å². The second kappa shape index (κ2) is 4.84. The van der Waals surface area contributed by atoms with E-state index in [1.165, 1.54) is 19.3 Å². The van der Waals surface area contributed by atoms with Crippen LogP contribution < -0.4 is 0 Å². The van der Waals surface area contributed by atoms with Crippen molar-refractivity contribution in [3.05, 3.63) is 0 Å². The Bertz CT molecular complexity index is 53.1. The molecule has 0 heterocycles. The van der Waals surface area contributed by atoms with Gasteiger partial charge in [0.15, 0.2) is 0 Å². The van der Waals surface area contributed by atoms with Crippen LogP contribution in [0.4, 0.5) is 0 Å². The smallest absolute Gasteiger partial charge is 0.0394 e. The molecule has 0 radical (unpaired) electrons. The fourth-order valence-corrected chi connectivity index (χ4v) is 1.43. The lowest BCUT2D eigenvalue weighted by atomic mass is 9.88. The molecule has 56 valence electrons. The predicted octanol–water partition coefficient (Wildman–Crippen LogP) is 3.47. The quantitative estimate of drug-likeness (QED) is 0.544. The summed E-state index contributed by atoms with van der Waals surface area (Å²) in [7, 11) is 0. The normalized spacial score (nSPS) is 14.3. The molecule has 0 aliphatic carbocycles. The van der Waals surface area contributed by atoms with Gasteiger partial charge in [-0.1, -0.05) is 47.0 Å². The molecule has 0 bridgehead atoms. The molecule has 0 fully saturated rings. The van der Waals surface area contributed by atoms with Crippen molar-refractivity contribution in [3.8, 4) is 0 Å². The van der Waals surface area contributed by atoms with E-state index >= 15 is 0 Å². The molecule has 0 aromatic heterocycles. The summed E-state index contributed by atoms with van der Waals surface area (Å²) in [5.41, 5.74) is 0.